The van der Waals surface area contributed by atoms with Crippen LogP contribution in [0.15, 0.2) is 47.4 Å². The summed E-state index contributed by atoms with van der Waals surface area (Å²) in [6, 6.07) is 11.9. The van der Waals surface area contributed by atoms with Gasteiger partial charge in [0, 0.05) is 10.7 Å². The third-order valence-corrected chi connectivity index (χ3v) is 5.40. The van der Waals surface area contributed by atoms with Crippen molar-refractivity contribution in [3.63, 3.8) is 0 Å². The maximum atomic E-state index is 12.6. The van der Waals surface area contributed by atoms with Crippen molar-refractivity contribution in [2.75, 3.05) is 11.8 Å². The van der Waals surface area contributed by atoms with Gasteiger partial charge in [0.25, 0.3) is 10.0 Å². The minimum atomic E-state index is -3.78. The number of nitrogens with one attached hydrogen (secondary N) is 1. The van der Waals surface area contributed by atoms with Gasteiger partial charge in [-0.15, -0.1) is 0 Å². The van der Waals surface area contributed by atoms with Gasteiger partial charge in [-0.05, 0) is 48.2 Å². The molecule has 4 nitrogen and oxygen atoms in total. The molecule has 0 aliphatic rings. The van der Waals surface area contributed by atoms with Crippen LogP contribution in [0, 0.1) is 0 Å². The summed E-state index contributed by atoms with van der Waals surface area (Å²) >= 11 is 5.91. The summed E-state index contributed by atoms with van der Waals surface area (Å²) in [5.74, 6) is 0.687. The number of halogens is 1. The SMILES string of the molecule is CCC(C)c1ccc(NS(=O)(=O)c2cc(Cl)ccc2OC)cc1. The number of ether oxygens (including phenoxy) is 1. The highest BCUT2D eigenvalue weighted by Gasteiger charge is 2.20. The van der Waals surface area contributed by atoms with Crippen molar-refractivity contribution in [2.24, 2.45) is 0 Å². The van der Waals surface area contributed by atoms with E-state index < -0.39 is 10.0 Å². The predicted octanol–water partition coefficient (Wildman–Crippen LogP) is 4.66. The highest BCUT2D eigenvalue weighted by atomic mass is 35.5. The molecule has 0 radical (unpaired) electrons. The molecule has 124 valence electrons. The lowest BCUT2D eigenvalue weighted by Crippen LogP contribution is -2.14. The molecule has 2 aromatic rings. The van der Waals surface area contributed by atoms with E-state index in [1.54, 1.807) is 18.2 Å². The van der Waals surface area contributed by atoms with Crippen LogP contribution >= 0.6 is 11.6 Å². The number of hydrogen-bond donors (Lipinski definition) is 1. The zero-order valence-electron chi connectivity index (χ0n) is 13.3. The molecule has 0 bridgehead atoms. The maximum Gasteiger partial charge on any atom is 0.265 e. The fraction of sp³-hybridized carbons (Fsp3) is 0.294. The number of anilines is 1. The molecule has 0 saturated heterocycles. The first kappa shape index (κ1) is 17.6. The Morgan fingerprint density at radius 1 is 1.17 bits per heavy atom. The van der Waals surface area contributed by atoms with Gasteiger partial charge in [0.15, 0.2) is 0 Å². The van der Waals surface area contributed by atoms with Crippen LogP contribution in [0.1, 0.15) is 31.7 Å². The van der Waals surface area contributed by atoms with Gasteiger partial charge in [-0.2, -0.15) is 0 Å². The van der Waals surface area contributed by atoms with E-state index in [0.717, 1.165) is 6.42 Å². The molecule has 1 unspecified atom stereocenters. The lowest BCUT2D eigenvalue weighted by atomic mass is 9.99. The van der Waals surface area contributed by atoms with Crippen LogP contribution in [0.25, 0.3) is 0 Å². The molecule has 2 aromatic carbocycles. The predicted molar refractivity (Wildman–Crippen MR) is 94.0 cm³/mol. The highest BCUT2D eigenvalue weighted by molar-refractivity contribution is 7.92. The molecule has 0 saturated carbocycles. The quantitative estimate of drug-likeness (QED) is 0.821. The monoisotopic (exact) mass is 353 g/mol. The first-order valence-electron chi connectivity index (χ1n) is 7.33. The van der Waals surface area contributed by atoms with E-state index >= 15 is 0 Å². The second kappa shape index (κ2) is 7.23. The lowest BCUT2D eigenvalue weighted by molar-refractivity contribution is 0.403. The van der Waals surface area contributed by atoms with Crippen molar-refractivity contribution in [3.8, 4) is 5.75 Å². The van der Waals surface area contributed by atoms with Crippen LogP contribution in [0.5, 0.6) is 5.75 Å². The molecule has 23 heavy (non-hydrogen) atoms. The van der Waals surface area contributed by atoms with E-state index in [1.807, 2.05) is 12.1 Å². The Kier molecular flexibility index (Phi) is 5.55. The van der Waals surface area contributed by atoms with Crippen molar-refractivity contribution in [1.82, 2.24) is 0 Å². The Hall–Kier alpha value is -1.72. The lowest BCUT2D eigenvalue weighted by Gasteiger charge is -2.13. The summed E-state index contributed by atoms with van der Waals surface area (Å²) in [5, 5.41) is 0.332. The van der Waals surface area contributed by atoms with Crippen molar-refractivity contribution < 1.29 is 13.2 Å². The molecular weight excluding hydrogens is 334 g/mol. The van der Waals surface area contributed by atoms with E-state index in [9.17, 15) is 8.42 Å². The third-order valence-electron chi connectivity index (χ3n) is 3.76. The molecule has 0 aliphatic heterocycles. The molecule has 2 rings (SSSR count). The molecular formula is C17H20ClNO3S. The van der Waals surface area contributed by atoms with E-state index in [2.05, 4.69) is 18.6 Å². The summed E-state index contributed by atoms with van der Waals surface area (Å²) in [7, 11) is -2.36. The van der Waals surface area contributed by atoms with Crippen LogP contribution < -0.4 is 9.46 Å². The zero-order valence-corrected chi connectivity index (χ0v) is 14.9. The molecule has 0 spiro atoms. The largest absolute Gasteiger partial charge is 0.495 e. The number of methoxy groups -OCH3 is 1. The summed E-state index contributed by atoms with van der Waals surface area (Å²) < 4.78 is 32.8. The Morgan fingerprint density at radius 2 is 1.83 bits per heavy atom. The number of rotatable bonds is 6. The van der Waals surface area contributed by atoms with Crippen molar-refractivity contribution in [3.05, 3.63) is 53.1 Å². The minimum absolute atomic E-state index is 0.0125. The molecule has 1 N–H and O–H groups in total. The summed E-state index contributed by atoms with van der Waals surface area (Å²) in [6.07, 6.45) is 1.03. The Labute approximate surface area is 142 Å². The molecule has 0 amide bonds. The van der Waals surface area contributed by atoms with Crippen LogP contribution in [0.2, 0.25) is 5.02 Å². The van der Waals surface area contributed by atoms with Crippen molar-refractivity contribution in [2.45, 2.75) is 31.1 Å². The molecule has 0 aliphatic carbocycles. The average molecular weight is 354 g/mol. The van der Waals surface area contributed by atoms with Gasteiger partial charge in [-0.3, -0.25) is 4.72 Å². The van der Waals surface area contributed by atoms with E-state index in [4.69, 9.17) is 16.3 Å². The van der Waals surface area contributed by atoms with E-state index in [-0.39, 0.29) is 10.6 Å². The molecule has 0 heterocycles. The Balaban J connectivity index is 2.30. The Bertz CT molecular complexity index is 773. The van der Waals surface area contributed by atoms with Gasteiger partial charge in [0.2, 0.25) is 0 Å². The Morgan fingerprint density at radius 3 is 2.39 bits per heavy atom. The van der Waals surface area contributed by atoms with Gasteiger partial charge in [-0.1, -0.05) is 37.6 Å². The second-order valence-corrected chi connectivity index (χ2v) is 7.42. The number of benzene rings is 2. The second-order valence-electron chi connectivity index (χ2n) is 5.33. The van der Waals surface area contributed by atoms with Gasteiger partial charge in [-0.25, -0.2) is 8.42 Å². The van der Waals surface area contributed by atoms with Gasteiger partial charge in [0.05, 0.1) is 7.11 Å². The number of sulfonamides is 1. The highest BCUT2D eigenvalue weighted by Crippen LogP contribution is 2.29. The topological polar surface area (TPSA) is 55.4 Å². The molecule has 1 atom stereocenters. The van der Waals surface area contributed by atoms with Gasteiger partial charge in [0.1, 0.15) is 10.6 Å². The normalized spacial score (nSPS) is 12.7. The van der Waals surface area contributed by atoms with E-state index in [0.29, 0.717) is 16.6 Å². The van der Waals surface area contributed by atoms with Crippen molar-refractivity contribution >= 4 is 27.3 Å². The fourth-order valence-electron chi connectivity index (χ4n) is 2.19. The first-order chi connectivity index (χ1) is 10.9. The standard InChI is InChI=1S/C17H20ClNO3S/c1-4-12(2)13-5-8-15(9-6-13)19-23(20,21)17-11-14(18)7-10-16(17)22-3/h5-12,19H,4H2,1-3H3. The van der Waals surface area contributed by atoms with Crippen LogP contribution in [0.3, 0.4) is 0 Å². The fourth-order valence-corrected chi connectivity index (χ4v) is 3.68. The summed E-state index contributed by atoms with van der Waals surface area (Å²) in [5.41, 5.74) is 1.68. The van der Waals surface area contributed by atoms with Gasteiger partial charge < -0.3 is 4.74 Å². The van der Waals surface area contributed by atoms with E-state index in [1.165, 1.54) is 24.8 Å². The smallest absolute Gasteiger partial charge is 0.265 e. The zero-order chi connectivity index (χ0) is 17.0. The first-order valence-corrected chi connectivity index (χ1v) is 9.19. The maximum absolute atomic E-state index is 12.6. The van der Waals surface area contributed by atoms with Crippen molar-refractivity contribution in [1.29, 1.82) is 0 Å². The van der Waals surface area contributed by atoms with Crippen LogP contribution in [-0.4, -0.2) is 15.5 Å². The summed E-state index contributed by atoms with van der Waals surface area (Å²) in [4.78, 5) is 0.0125. The van der Waals surface area contributed by atoms with Gasteiger partial charge >= 0.3 is 0 Å². The summed E-state index contributed by atoms with van der Waals surface area (Å²) in [6.45, 7) is 4.25. The van der Waals surface area contributed by atoms with Crippen LogP contribution in [0.4, 0.5) is 5.69 Å². The molecule has 6 heteroatoms. The average Bonchev–Trinajstić information content (AvgIpc) is 2.54. The molecule has 0 aromatic heterocycles. The van der Waals surface area contributed by atoms with Crippen LogP contribution in [-0.2, 0) is 10.0 Å². The molecule has 0 fully saturated rings. The minimum Gasteiger partial charge on any atom is -0.495 e. The third kappa shape index (κ3) is 4.18. The number of hydrogen-bond acceptors (Lipinski definition) is 3.